The Balaban J connectivity index is 2.27. The number of ether oxygens (including phenoxy) is 3. The molecule has 0 aromatic rings. The lowest BCUT2D eigenvalue weighted by Gasteiger charge is -2.45. The zero-order chi connectivity index (χ0) is 14.2. The highest BCUT2D eigenvalue weighted by Crippen LogP contribution is 2.43. The molecule has 5 atom stereocenters. The van der Waals surface area contributed by atoms with E-state index in [0.717, 1.165) is 6.42 Å². The topological polar surface area (TPSA) is 73.9 Å². The van der Waals surface area contributed by atoms with Crippen LogP contribution in [0.3, 0.4) is 0 Å². The first-order valence-corrected chi connectivity index (χ1v) is 6.63. The van der Waals surface area contributed by atoms with Gasteiger partial charge >= 0.3 is 5.97 Å². The summed E-state index contributed by atoms with van der Waals surface area (Å²) in [7, 11) is 0. The predicted molar refractivity (Wildman–Crippen MR) is 66.2 cm³/mol. The Labute approximate surface area is 112 Å². The molecule has 108 valence electrons. The molecule has 0 aromatic carbocycles. The third kappa shape index (κ3) is 2.47. The van der Waals surface area contributed by atoms with E-state index in [9.17, 15) is 9.59 Å². The maximum Gasteiger partial charge on any atom is 0.302 e. The molecular formula is C13H21NO5. The SMILES string of the molecule is CC[C@@]12CO[C@@H](O1)[C@H](NC(C)=O)C(OC(C)=O)[C@H]2C. The molecule has 2 saturated heterocycles. The van der Waals surface area contributed by atoms with Gasteiger partial charge in [0.1, 0.15) is 17.7 Å². The molecule has 2 rings (SSSR count). The Kier molecular flexibility index (Phi) is 3.82. The number of carbonyl (C=O) groups is 2. The number of hydrogen-bond donors (Lipinski definition) is 1. The van der Waals surface area contributed by atoms with Crippen molar-refractivity contribution < 1.29 is 23.8 Å². The summed E-state index contributed by atoms with van der Waals surface area (Å²) in [5.74, 6) is -0.603. The van der Waals surface area contributed by atoms with E-state index in [-0.39, 0.29) is 17.8 Å². The molecule has 6 nitrogen and oxygen atoms in total. The van der Waals surface area contributed by atoms with Gasteiger partial charge in [0.2, 0.25) is 5.91 Å². The Morgan fingerprint density at radius 1 is 1.42 bits per heavy atom. The minimum atomic E-state index is -0.551. The Hall–Kier alpha value is -1.14. The molecule has 1 unspecified atom stereocenters. The molecule has 1 amide bonds. The fourth-order valence-electron chi connectivity index (χ4n) is 2.96. The summed E-state index contributed by atoms with van der Waals surface area (Å²) in [6, 6.07) is -0.460. The van der Waals surface area contributed by atoms with Crippen LogP contribution in [0.15, 0.2) is 0 Å². The standard InChI is InChI=1S/C13H21NO5/c1-5-13-6-17-12(19-13)10(14-8(3)15)11(7(13)2)18-9(4)16/h7,10-12H,5-6H2,1-4H3,(H,14,15)/t7-,10-,11?,12+,13+/m1/s1. The fourth-order valence-corrected chi connectivity index (χ4v) is 2.96. The summed E-state index contributed by atoms with van der Waals surface area (Å²) < 4.78 is 17.0. The number of carbonyl (C=O) groups excluding carboxylic acids is 2. The first kappa shape index (κ1) is 14.3. The van der Waals surface area contributed by atoms with Gasteiger partial charge in [0.25, 0.3) is 0 Å². The quantitative estimate of drug-likeness (QED) is 0.761. The van der Waals surface area contributed by atoms with Crippen LogP contribution in [-0.2, 0) is 23.8 Å². The minimum Gasteiger partial charge on any atom is -0.460 e. The second-order valence-electron chi connectivity index (χ2n) is 5.30. The van der Waals surface area contributed by atoms with Crippen LogP contribution < -0.4 is 5.32 Å². The van der Waals surface area contributed by atoms with Gasteiger partial charge < -0.3 is 19.5 Å². The molecule has 2 heterocycles. The summed E-state index contributed by atoms with van der Waals surface area (Å²) >= 11 is 0. The number of hydrogen-bond acceptors (Lipinski definition) is 5. The monoisotopic (exact) mass is 271 g/mol. The van der Waals surface area contributed by atoms with E-state index in [0.29, 0.717) is 6.61 Å². The molecule has 1 N–H and O–H groups in total. The molecule has 2 bridgehead atoms. The summed E-state index contributed by atoms with van der Waals surface area (Å²) in [5, 5.41) is 2.77. The van der Waals surface area contributed by atoms with Crippen LogP contribution in [0.4, 0.5) is 0 Å². The van der Waals surface area contributed by atoms with E-state index in [4.69, 9.17) is 14.2 Å². The highest BCUT2D eigenvalue weighted by atomic mass is 16.7. The Morgan fingerprint density at radius 3 is 2.63 bits per heavy atom. The minimum absolute atomic E-state index is 0.0444. The molecule has 0 radical (unpaired) electrons. The summed E-state index contributed by atoms with van der Waals surface area (Å²) in [4.78, 5) is 22.6. The number of rotatable bonds is 3. The molecular weight excluding hydrogens is 250 g/mol. The lowest BCUT2D eigenvalue weighted by Crippen LogP contribution is -2.62. The van der Waals surface area contributed by atoms with Crippen LogP contribution in [0.25, 0.3) is 0 Å². The van der Waals surface area contributed by atoms with Crippen LogP contribution in [0.2, 0.25) is 0 Å². The van der Waals surface area contributed by atoms with Gasteiger partial charge in [-0.05, 0) is 6.42 Å². The number of amides is 1. The van der Waals surface area contributed by atoms with Gasteiger partial charge in [-0.1, -0.05) is 13.8 Å². The van der Waals surface area contributed by atoms with E-state index in [1.165, 1.54) is 13.8 Å². The van der Waals surface area contributed by atoms with Crippen molar-refractivity contribution in [1.29, 1.82) is 0 Å². The molecule has 2 fully saturated rings. The highest BCUT2D eigenvalue weighted by Gasteiger charge is 2.58. The van der Waals surface area contributed by atoms with Gasteiger partial charge in [0.05, 0.1) is 6.61 Å². The molecule has 0 aliphatic carbocycles. The van der Waals surface area contributed by atoms with E-state index in [1.807, 2.05) is 13.8 Å². The van der Waals surface area contributed by atoms with Crippen molar-refractivity contribution in [2.45, 2.75) is 58.2 Å². The summed E-state index contributed by atoms with van der Waals surface area (Å²) in [6.07, 6.45) is -0.207. The van der Waals surface area contributed by atoms with Crippen molar-refractivity contribution in [2.75, 3.05) is 6.61 Å². The third-order valence-electron chi connectivity index (χ3n) is 4.08. The average Bonchev–Trinajstić information content (AvgIpc) is 2.73. The molecule has 0 spiro atoms. The van der Waals surface area contributed by atoms with E-state index in [2.05, 4.69) is 5.32 Å². The molecule has 0 saturated carbocycles. The lowest BCUT2D eigenvalue weighted by molar-refractivity contribution is -0.212. The first-order chi connectivity index (χ1) is 8.89. The van der Waals surface area contributed by atoms with E-state index < -0.39 is 24.0 Å². The van der Waals surface area contributed by atoms with E-state index >= 15 is 0 Å². The zero-order valence-corrected chi connectivity index (χ0v) is 11.8. The van der Waals surface area contributed by atoms with Gasteiger partial charge in [-0.3, -0.25) is 9.59 Å². The zero-order valence-electron chi connectivity index (χ0n) is 11.8. The molecule has 0 aromatic heterocycles. The first-order valence-electron chi connectivity index (χ1n) is 6.63. The van der Waals surface area contributed by atoms with E-state index in [1.54, 1.807) is 0 Å². The number of esters is 1. The predicted octanol–water partition coefficient (Wildman–Crippen LogP) is 0.594. The fraction of sp³-hybridized carbons (Fsp3) is 0.846. The number of fused-ring (bicyclic) bond motifs is 2. The molecule has 2 aliphatic heterocycles. The van der Waals surface area contributed by atoms with Crippen LogP contribution in [-0.4, -0.2) is 42.5 Å². The maximum absolute atomic E-state index is 11.3. The third-order valence-corrected chi connectivity index (χ3v) is 4.08. The second kappa shape index (κ2) is 5.09. The van der Waals surface area contributed by atoms with Gasteiger partial charge in [-0.25, -0.2) is 0 Å². The lowest BCUT2D eigenvalue weighted by atomic mass is 9.79. The second-order valence-corrected chi connectivity index (χ2v) is 5.30. The Morgan fingerprint density at radius 2 is 2.11 bits per heavy atom. The van der Waals surface area contributed by atoms with Crippen molar-refractivity contribution in [3.8, 4) is 0 Å². The van der Waals surface area contributed by atoms with Crippen LogP contribution in [0.5, 0.6) is 0 Å². The highest BCUT2D eigenvalue weighted by molar-refractivity contribution is 5.73. The van der Waals surface area contributed by atoms with Crippen LogP contribution in [0, 0.1) is 5.92 Å². The van der Waals surface area contributed by atoms with Gasteiger partial charge in [-0.15, -0.1) is 0 Å². The van der Waals surface area contributed by atoms with Gasteiger partial charge in [0.15, 0.2) is 6.29 Å². The molecule has 6 heteroatoms. The average molecular weight is 271 g/mol. The maximum atomic E-state index is 11.3. The van der Waals surface area contributed by atoms with Crippen molar-refractivity contribution in [3.63, 3.8) is 0 Å². The van der Waals surface area contributed by atoms with Crippen LogP contribution in [0.1, 0.15) is 34.1 Å². The normalized spacial score (nSPS) is 40.8. The van der Waals surface area contributed by atoms with Gasteiger partial charge in [0, 0.05) is 19.8 Å². The number of nitrogens with one attached hydrogen (secondary N) is 1. The summed E-state index contributed by atoms with van der Waals surface area (Å²) in [6.45, 7) is 7.24. The Bertz CT molecular complexity index is 385. The summed E-state index contributed by atoms with van der Waals surface area (Å²) in [5.41, 5.74) is -0.431. The van der Waals surface area contributed by atoms with Crippen molar-refractivity contribution >= 4 is 11.9 Å². The van der Waals surface area contributed by atoms with Crippen molar-refractivity contribution in [3.05, 3.63) is 0 Å². The van der Waals surface area contributed by atoms with Gasteiger partial charge in [-0.2, -0.15) is 0 Å². The smallest absolute Gasteiger partial charge is 0.302 e. The molecule has 2 aliphatic rings. The molecule has 19 heavy (non-hydrogen) atoms. The van der Waals surface area contributed by atoms with Crippen molar-refractivity contribution in [1.82, 2.24) is 5.32 Å². The largest absolute Gasteiger partial charge is 0.460 e. The van der Waals surface area contributed by atoms with Crippen LogP contribution >= 0.6 is 0 Å². The van der Waals surface area contributed by atoms with Crippen molar-refractivity contribution in [2.24, 2.45) is 5.92 Å².